The van der Waals surface area contributed by atoms with E-state index in [9.17, 15) is 19.2 Å². The number of aromatic nitrogens is 1. The summed E-state index contributed by atoms with van der Waals surface area (Å²) in [4.78, 5) is 45.6. The van der Waals surface area contributed by atoms with Gasteiger partial charge in [-0.05, 0) is 20.8 Å². The van der Waals surface area contributed by atoms with Crippen molar-refractivity contribution in [1.82, 2.24) is 15.2 Å². The molecule has 0 saturated heterocycles. The van der Waals surface area contributed by atoms with E-state index in [1.807, 2.05) is 5.32 Å². The van der Waals surface area contributed by atoms with Gasteiger partial charge in [0.1, 0.15) is 6.54 Å². The second-order valence-corrected chi connectivity index (χ2v) is 5.03. The van der Waals surface area contributed by atoms with E-state index in [-0.39, 0.29) is 11.4 Å². The third-order valence-electron chi connectivity index (χ3n) is 2.52. The zero-order valence-corrected chi connectivity index (χ0v) is 12.8. The summed E-state index contributed by atoms with van der Waals surface area (Å²) >= 11 is 0.980. The number of ether oxygens (including phenoxy) is 1. The highest BCUT2D eigenvalue weighted by Gasteiger charge is 2.20. The van der Waals surface area contributed by atoms with E-state index in [0.29, 0.717) is 12.2 Å². The number of rotatable bonds is 5. The molecule has 0 aromatic carbocycles. The summed E-state index contributed by atoms with van der Waals surface area (Å²) < 4.78 is 6.14. The minimum absolute atomic E-state index is 0.271. The highest BCUT2D eigenvalue weighted by Crippen LogP contribution is 2.01. The third kappa shape index (κ3) is 5.03. The fourth-order valence-corrected chi connectivity index (χ4v) is 2.17. The van der Waals surface area contributed by atoms with Crippen molar-refractivity contribution in [1.29, 1.82) is 0 Å². The van der Waals surface area contributed by atoms with E-state index in [1.54, 1.807) is 19.2 Å². The SMILES string of the molecule is CCNC(=O)NC(=O)[C@@H](C)OC(=O)Cn1c(C)csc1=O. The lowest BCUT2D eigenvalue weighted by atomic mass is 10.4. The van der Waals surface area contributed by atoms with Crippen LogP contribution in [0, 0.1) is 6.92 Å². The summed E-state index contributed by atoms with van der Waals surface area (Å²) in [5, 5.41) is 6.04. The number of carbonyl (C=O) groups is 3. The summed E-state index contributed by atoms with van der Waals surface area (Å²) in [5.74, 6) is -1.46. The summed E-state index contributed by atoms with van der Waals surface area (Å²) in [7, 11) is 0. The number of thiazole rings is 1. The Bertz CT molecular complexity index is 592. The van der Waals surface area contributed by atoms with Crippen LogP contribution in [0.2, 0.25) is 0 Å². The molecule has 0 aliphatic rings. The molecule has 9 heteroatoms. The molecule has 2 N–H and O–H groups in total. The largest absolute Gasteiger partial charge is 0.451 e. The van der Waals surface area contributed by atoms with Gasteiger partial charge in [-0.3, -0.25) is 24.3 Å². The molecule has 0 unspecified atom stereocenters. The summed E-state index contributed by atoms with van der Waals surface area (Å²) in [6.07, 6.45) is -1.13. The summed E-state index contributed by atoms with van der Waals surface area (Å²) in [6, 6.07) is -0.657. The van der Waals surface area contributed by atoms with E-state index in [0.717, 1.165) is 11.3 Å². The first-order chi connectivity index (χ1) is 9.85. The second kappa shape index (κ2) is 7.58. The smallest absolute Gasteiger partial charge is 0.326 e. The first-order valence-corrected chi connectivity index (χ1v) is 7.16. The lowest BCUT2D eigenvalue weighted by Gasteiger charge is -2.13. The van der Waals surface area contributed by atoms with Crippen LogP contribution in [0.3, 0.4) is 0 Å². The Morgan fingerprint density at radius 2 is 2.10 bits per heavy atom. The van der Waals surface area contributed by atoms with Crippen molar-refractivity contribution in [2.75, 3.05) is 6.54 Å². The van der Waals surface area contributed by atoms with Crippen molar-refractivity contribution in [3.05, 3.63) is 20.7 Å². The number of nitrogens with one attached hydrogen (secondary N) is 2. The number of hydrogen-bond acceptors (Lipinski definition) is 6. The van der Waals surface area contributed by atoms with E-state index < -0.39 is 24.0 Å². The molecule has 1 rings (SSSR count). The van der Waals surface area contributed by atoms with Gasteiger partial charge in [-0.2, -0.15) is 0 Å². The van der Waals surface area contributed by atoms with Gasteiger partial charge in [0.05, 0.1) is 0 Å². The average Bonchev–Trinajstić information content (AvgIpc) is 2.70. The molecule has 0 radical (unpaired) electrons. The number of carbonyl (C=O) groups excluding carboxylic acids is 3. The minimum atomic E-state index is -1.13. The molecule has 0 saturated carbocycles. The van der Waals surface area contributed by atoms with Gasteiger partial charge < -0.3 is 10.1 Å². The van der Waals surface area contributed by atoms with E-state index in [2.05, 4.69) is 5.32 Å². The molecular weight excluding hydrogens is 298 g/mol. The van der Waals surface area contributed by atoms with Crippen LogP contribution in [-0.4, -0.2) is 35.1 Å². The van der Waals surface area contributed by atoms with Crippen LogP contribution in [0.15, 0.2) is 10.2 Å². The molecule has 0 aliphatic carbocycles. The zero-order chi connectivity index (χ0) is 16.0. The van der Waals surface area contributed by atoms with Crippen LogP contribution in [-0.2, 0) is 20.9 Å². The molecule has 8 nitrogen and oxygen atoms in total. The van der Waals surface area contributed by atoms with Gasteiger partial charge in [-0.25, -0.2) is 4.79 Å². The highest BCUT2D eigenvalue weighted by molar-refractivity contribution is 7.07. The molecule has 0 fully saturated rings. The minimum Gasteiger partial charge on any atom is -0.451 e. The predicted octanol–water partition coefficient (Wildman–Crippen LogP) is -0.00438. The Kier molecular flexibility index (Phi) is 6.10. The van der Waals surface area contributed by atoms with Crippen molar-refractivity contribution >= 4 is 29.2 Å². The van der Waals surface area contributed by atoms with Crippen LogP contribution in [0.25, 0.3) is 0 Å². The number of hydrogen-bond donors (Lipinski definition) is 2. The van der Waals surface area contributed by atoms with Gasteiger partial charge >= 0.3 is 16.9 Å². The van der Waals surface area contributed by atoms with Gasteiger partial charge in [-0.1, -0.05) is 11.3 Å². The van der Waals surface area contributed by atoms with Crippen LogP contribution < -0.4 is 15.5 Å². The molecule has 116 valence electrons. The molecular formula is C12H17N3O5S. The van der Waals surface area contributed by atoms with Gasteiger partial charge in [-0.15, -0.1) is 0 Å². The summed E-state index contributed by atoms with van der Waals surface area (Å²) in [5.41, 5.74) is 0.640. The number of aryl methyl sites for hydroxylation is 1. The maximum Gasteiger partial charge on any atom is 0.326 e. The molecule has 1 heterocycles. The molecule has 3 amide bonds. The van der Waals surface area contributed by atoms with Gasteiger partial charge in [0.15, 0.2) is 6.10 Å². The number of urea groups is 1. The van der Waals surface area contributed by atoms with Crippen LogP contribution >= 0.6 is 11.3 Å². The first-order valence-electron chi connectivity index (χ1n) is 6.28. The Morgan fingerprint density at radius 3 is 2.62 bits per heavy atom. The average molecular weight is 315 g/mol. The van der Waals surface area contributed by atoms with E-state index >= 15 is 0 Å². The number of esters is 1. The quantitative estimate of drug-likeness (QED) is 0.744. The number of amides is 3. The van der Waals surface area contributed by atoms with Crippen molar-refractivity contribution in [3.8, 4) is 0 Å². The first kappa shape index (κ1) is 16.9. The normalized spacial score (nSPS) is 11.6. The van der Waals surface area contributed by atoms with Crippen molar-refractivity contribution < 1.29 is 19.1 Å². The van der Waals surface area contributed by atoms with E-state index in [1.165, 1.54) is 11.5 Å². The van der Waals surface area contributed by atoms with Gasteiger partial charge in [0.2, 0.25) is 0 Å². The molecule has 0 aliphatic heterocycles. The Labute approximate surface area is 125 Å². The standard InChI is InChI=1S/C12H17N3O5S/c1-4-13-11(18)14-10(17)8(3)20-9(16)5-15-7(2)6-21-12(15)19/h6,8H,4-5H2,1-3H3,(H2,13,14,17,18)/t8-/m1/s1. The molecule has 0 bridgehead atoms. The van der Waals surface area contributed by atoms with E-state index in [4.69, 9.17) is 4.74 Å². The summed E-state index contributed by atoms with van der Waals surface area (Å²) in [6.45, 7) is 4.83. The monoisotopic (exact) mass is 315 g/mol. The van der Waals surface area contributed by atoms with Crippen LogP contribution in [0.5, 0.6) is 0 Å². The molecule has 1 aromatic heterocycles. The molecule has 0 spiro atoms. The lowest BCUT2D eigenvalue weighted by Crippen LogP contribution is -2.44. The lowest BCUT2D eigenvalue weighted by molar-refractivity contribution is -0.155. The van der Waals surface area contributed by atoms with Gasteiger partial charge in [0, 0.05) is 17.6 Å². The molecule has 21 heavy (non-hydrogen) atoms. The fourth-order valence-electron chi connectivity index (χ4n) is 1.43. The fraction of sp³-hybridized carbons (Fsp3) is 0.500. The van der Waals surface area contributed by atoms with Crippen LogP contribution in [0.4, 0.5) is 4.79 Å². The molecule has 1 atom stereocenters. The predicted molar refractivity (Wildman–Crippen MR) is 76.1 cm³/mol. The zero-order valence-electron chi connectivity index (χ0n) is 12.0. The topological polar surface area (TPSA) is 106 Å². The number of nitrogens with zero attached hydrogens (tertiary/aromatic N) is 1. The van der Waals surface area contributed by atoms with Gasteiger partial charge in [0.25, 0.3) is 5.91 Å². The second-order valence-electron chi connectivity index (χ2n) is 4.21. The van der Waals surface area contributed by atoms with Crippen LogP contribution in [0.1, 0.15) is 19.5 Å². The van der Waals surface area contributed by atoms with Crippen molar-refractivity contribution in [2.24, 2.45) is 0 Å². The maximum atomic E-state index is 11.7. The Morgan fingerprint density at radius 1 is 1.43 bits per heavy atom. The maximum absolute atomic E-state index is 11.7. The Balaban J connectivity index is 2.52. The third-order valence-corrected chi connectivity index (χ3v) is 3.40. The van der Waals surface area contributed by atoms with Crippen molar-refractivity contribution in [3.63, 3.8) is 0 Å². The van der Waals surface area contributed by atoms with Crippen molar-refractivity contribution in [2.45, 2.75) is 33.4 Å². The Hall–Kier alpha value is -2.16. The highest BCUT2D eigenvalue weighted by atomic mass is 32.1. The molecule has 1 aromatic rings. The number of imide groups is 1.